The van der Waals surface area contributed by atoms with E-state index in [1.54, 1.807) is 20.0 Å². The average Bonchev–Trinajstić information content (AvgIpc) is 3.30. The Labute approximate surface area is 227 Å². The number of hydrogen-bond acceptors (Lipinski definition) is 6. The third kappa shape index (κ3) is 8.54. The van der Waals surface area contributed by atoms with Crippen LogP contribution >= 0.6 is 0 Å². The van der Waals surface area contributed by atoms with Crippen LogP contribution in [0.25, 0.3) is 10.9 Å². The predicted octanol–water partition coefficient (Wildman–Crippen LogP) is 1.14. The third-order valence-corrected chi connectivity index (χ3v) is 7.03. The van der Waals surface area contributed by atoms with E-state index in [4.69, 9.17) is 10.8 Å². The molecule has 0 bridgehead atoms. The summed E-state index contributed by atoms with van der Waals surface area (Å²) in [5, 5.41) is 27.4. The summed E-state index contributed by atoms with van der Waals surface area (Å²) in [6, 6.07) is 2.65. The summed E-state index contributed by atoms with van der Waals surface area (Å²) >= 11 is 0. The van der Waals surface area contributed by atoms with Crippen molar-refractivity contribution in [2.24, 2.45) is 17.6 Å². The van der Waals surface area contributed by atoms with E-state index in [0.717, 1.165) is 16.5 Å². The number of para-hydroxylation sites is 1. The molecule has 0 spiro atoms. The second kappa shape index (κ2) is 14.3. The molecule has 2 aromatic rings. The lowest BCUT2D eigenvalue weighted by Gasteiger charge is -2.30. The van der Waals surface area contributed by atoms with Crippen LogP contribution in [0.3, 0.4) is 0 Å². The van der Waals surface area contributed by atoms with E-state index in [2.05, 4.69) is 20.9 Å². The minimum absolute atomic E-state index is 0.0271. The molecular formula is C27H39N5O7. The van der Waals surface area contributed by atoms with Gasteiger partial charge in [-0.05, 0) is 23.5 Å². The Bertz CT molecular complexity index is 1180. The third-order valence-electron chi connectivity index (χ3n) is 7.03. The number of carbonyl (C=O) groups excluding carboxylic acids is 3. The minimum Gasteiger partial charge on any atom is -0.481 e. The van der Waals surface area contributed by atoms with Gasteiger partial charge in [0.05, 0.1) is 12.5 Å². The summed E-state index contributed by atoms with van der Waals surface area (Å²) < 4.78 is 0. The van der Waals surface area contributed by atoms with Crippen LogP contribution in [0, 0.1) is 11.8 Å². The molecule has 3 amide bonds. The zero-order chi connectivity index (χ0) is 29.3. The van der Waals surface area contributed by atoms with Gasteiger partial charge >= 0.3 is 11.9 Å². The van der Waals surface area contributed by atoms with E-state index in [-0.39, 0.29) is 18.3 Å². The molecule has 1 heterocycles. The van der Waals surface area contributed by atoms with Crippen LogP contribution in [0.15, 0.2) is 30.5 Å². The van der Waals surface area contributed by atoms with E-state index >= 15 is 0 Å². The van der Waals surface area contributed by atoms with Gasteiger partial charge in [-0.2, -0.15) is 0 Å². The summed E-state index contributed by atoms with van der Waals surface area (Å²) in [6.45, 7) is 7.12. The molecule has 0 fully saturated rings. The molecule has 2 rings (SSSR count). The number of carboxylic acid groups (broad SMARTS) is 2. The molecule has 0 radical (unpaired) electrons. The molecule has 1 aromatic heterocycles. The molecule has 8 N–H and O–H groups in total. The minimum atomic E-state index is -1.35. The van der Waals surface area contributed by atoms with Crippen molar-refractivity contribution < 1.29 is 34.2 Å². The second-order valence-electron chi connectivity index (χ2n) is 9.91. The summed E-state index contributed by atoms with van der Waals surface area (Å²) in [4.78, 5) is 65.2. The maximum absolute atomic E-state index is 13.3. The summed E-state index contributed by atoms with van der Waals surface area (Å²) in [7, 11) is 0. The van der Waals surface area contributed by atoms with E-state index < -0.39 is 60.2 Å². The molecule has 1 aromatic carbocycles. The highest BCUT2D eigenvalue weighted by Gasteiger charge is 2.34. The Morgan fingerprint density at radius 2 is 1.41 bits per heavy atom. The van der Waals surface area contributed by atoms with Gasteiger partial charge in [0.2, 0.25) is 17.7 Å². The van der Waals surface area contributed by atoms with E-state index in [9.17, 15) is 29.1 Å². The number of rotatable bonds is 15. The molecule has 0 aliphatic carbocycles. The highest BCUT2D eigenvalue weighted by molar-refractivity contribution is 5.95. The lowest BCUT2D eigenvalue weighted by atomic mass is 9.94. The number of nitrogens with two attached hydrogens (primary N) is 1. The Balaban J connectivity index is 2.21. The first-order valence-corrected chi connectivity index (χ1v) is 13.1. The number of benzene rings is 1. The van der Waals surface area contributed by atoms with Crippen LogP contribution in [-0.2, 0) is 30.4 Å². The number of aliphatic carboxylic acids is 2. The maximum atomic E-state index is 13.3. The fraction of sp³-hybridized carbons (Fsp3) is 0.519. The van der Waals surface area contributed by atoms with Crippen molar-refractivity contribution in [2.45, 2.75) is 77.5 Å². The summed E-state index contributed by atoms with van der Waals surface area (Å²) in [5.41, 5.74) is 7.22. The molecule has 0 unspecified atom stereocenters. The first kappa shape index (κ1) is 31.3. The molecule has 0 saturated carbocycles. The van der Waals surface area contributed by atoms with Crippen LogP contribution in [0.2, 0.25) is 0 Å². The SMILES string of the molecule is CC[C@H](C)[C@H](NC(=O)[C@@H](NC(=O)[C@@H](N)CC(=O)O)[C@@H](C)CC)C(=O)N[C@@H](Cc1c[nH]c2ccccc12)C(=O)O. The van der Waals surface area contributed by atoms with E-state index in [1.165, 1.54) is 0 Å². The molecule has 39 heavy (non-hydrogen) atoms. The molecule has 12 nitrogen and oxygen atoms in total. The number of carboxylic acids is 2. The van der Waals surface area contributed by atoms with Crippen molar-refractivity contribution >= 4 is 40.6 Å². The average molecular weight is 546 g/mol. The Hall–Kier alpha value is -3.93. The maximum Gasteiger partial charge on any atom is 0.326 e. The fourth-order valence-electron chi connectivity index (χ4n) is 4.17. The standard InChI is InChI=1S/C27H39N5O7/c1-5-14(3)22(32-26(37)23(15(4)6-2)31-24(35)18(28)12-21(33)34)25(36)30-20(27(38)39)11-16-13-29-19-10-8-7-9-17(16)19/h7-10,13-15,18,20,22-23,29H,5-6,11-12,28H2,1-4H3,(H,30,36)(H,31,35)(H,32,37)(H,33,34)(H,38,39)/t14-,15-,18-,20-,22-,23-/m0/s1. The van der Waals surface area contributed by atoms with Crippen LogP contribution in [0.1, 0.15) is 52.5 Å². The molecule has 0 aliphatic heterocycles. The first-order valence-electron chi connectivity index (χ1n) is 13.1. The number of carbonyl (C=O) groups is 5. The number of H-pyrrole nitrogens is 1. The molecule has 6 atom stereocenters. The van der Waals surface area contributed by atoms with Crippen LogP contribution in [0.4, 0.5) is 0 Å². The number of fused-ring (bicyclic) bond motifs is 1. The number of hydrogen-bond donors (Lipinski definition) is 7. The van der Waals surface area contributed by atoms with Crippen LogP contribution < -0.4 is 21.7 Å². The van der Waals surface area contributed by atoms with E-state index in [1.807, 2.05) is 38.1 Å². The van der Waals surface area contributed by atoms with Crippen molar-refractivity contribution in [1.29, 1.82) is 0 Å². The number of nitrogens with one attached hydrogen (secondary N) is 4. The smallest absolute Gasteiger partial charge is 0.326 e. The van der Waals surface area contributed by atoms with E-state index in [0.29, 0.717) is 12.8 Å². The lowest BCUT2D eigenvalue weighted by Crippen LogP contribution is -2.60. The number of amides is 3. The monoisotopic (exact) mass is 545 g/mol. The van der Waals surface area contributed by atoms with Crippen LogP contribution in [0.5, 0.6) is 0 Å². The zero-order valence-electron chi connectivity index (χ0n) is 22.7. The molecule has 12 heteroatoms. The van der Waals surface area contributed by atoms with Gasteiger partial charge in [-0.3, -0.25) is 19.2 Å². The van der Waals surface area contributed by atoms with Crippen molar-refractivity contribution in [3.8, 4) is 0 Å². The largest absolute Gasteiger partial charge is 0.481 e. The summed E-state index contributed by atoms with van der Waals surface area (Å²) in [6.07, 6.45) is 2.13. The Morgan fingerprint density at radius 1 is 0.872 bits per heavy atom. The molecule has 0 saturated heterocycles. The zero-order valence-corrected chi connectivity index (χ0v) is 22.7. The van der Waals surface area contributed by atoms with Crippen molar-refractivity contribution in [1.82, 2.24) is 20.9 Å². The van der Waals surface area contributed by atoms with Gasteiger partial charge < -0.3 is 36.9 Å². The highest BCUT2D eigenvalue weighted by atomic mass is 16.4. The predicted molar refractivity (Wildman–Crippen MR) is 145 cm³/mol. The Morgan fingerprint density at radius 3 is 1.95 bits per heavy atom. The molecule has 0 aliphatic rings. The normalized spacial score (nSPS) is 15.8. The van der Waals surface area contributed by atoms with Crippen molar-refractivity contribution in [2.75, 3.05) is 0 Å². The van der Waals surface area contributed by atoms with Gasteiger partial charge in [0, 0.05) is 23.5 Å². The quantitative estimate of drug-likeness (QED) is 0.172. The highest BCUT2D eigenvalue weighted by Crippen LogP contribution is 2.20. The van der Waals surface area contributed by atoms with Gasteiger partial charge in [-0.15, -0.1) is 0 Å². The summed E-state index contributed by atoms with van der Waals surface area (Å²) in [5.74, 6) is -5.31. The second-order valence-corrected chi connectivity index (χ2v) is 9.91. The van der Waals surface area contributed by atoms with Gasteiger partial charge in [-0.1, -0.05) is 58.7 Å². The van der Waals surface area contributed by atoms with Gasteiger partial charge in [0.15, 0.2) is 0 Å². The topological polar surface area (TPSA) is 204 Å². The first-order chi connectivity index (χ1) is 18.4. The lowest BCUT2D eigenvalue weighted by molar-refractivity contribution is -0.142. The molecule has 214 valence electrons. The Kier molecular flexibility index (Phi) is 11.5. The fourth-order valence-corrected chi connectivity index (χ4v) is 4.17. The van der Waals surface area contributed by atoms with Crippen LogP contribution in [-0.4, -0.2) is 69.0 Å². The van der Waals surface area contributed by atoms with Crippen molar-refractivity contribution in [3.05, 3.63) is 36.0 Å². The van der Waals surface area contributed by atoms with Gasteiger partial charge in [0.25, 0.3) is 0 Å². The molecular weight excluding hydrogens is 506 g/mol. The van der Waals surface area contributed by atoms with Crippen molar-refractivity contribution in [3.63, 3.8) is 0 Å². The van der Waals surface area contributed by atoms with Gasteiger partial charge in [-0.25, -0.2) is 4.79 Å². The van der Waals surface area contributed by atoms with Gasteiger partial charge in [0.1, 0.15) is 18.1 Å². The number of aromatic nitrogens is 1. The number of aromatic amines is 1.